The van der Waals surface area contributed by atoms with E-state index in [9.17, 15) is 9.59 Å². The van der Waals surface area contributed by atoms with E-state index in [1.807, 2.05) is 6.07 Å². The van der Waals surface area contributed by atoms with Crippen LogP contribution in [0.4, 0.5) is 4.79 Å². The third kappa shape index (κ3) is 4.69. The number of piperidine rings is 1. The monoisotopic (exact) mass is 401 g/mol. The van der Waals surface area contributed by atoms with Gasteiger partial charge in [0.05, 0.1) is 0 Å². The number of hydrogen-bond acceptors (Lipinski definition) is 3. The molecular formula is C25H27N3O2. The highest BCUT2D eigenvalue weighted by molar-refractivity contribution is 6.03. The van der Waals surface area contributed by atoms with Crippen LogP contribution in [0.25, 0.3) is 10.8 Å². The lowest BCUT2D eigenvalue weighted by Gasteiger charge is -2.33. The van der Waals surface area contributed by atoms with E-state index in [4.69, 9.17) is 0 Å². The van der Waals surface area contributed by atoms with E-state index in [1.165, 1.54) is 23.4 Å². The van der Waals surface area contributed by atoms with Crippen molar-refractivity contribution in [2.24, 2.45) is 0 Å². The number of nitrogens with zero attached hydrogens (tertiary/aromatic N) is 2. The molecule has 5 heteroatoms. The number of rotatable bonds is 4. The van der Waals surface area contributed by atoms with Gasteiger partial charge in [0.25, 0.3) is 5.91 Å². The summed E-state index contributed by atoms with van der Waals surface area (Å²) >= 11 is 0. The molecule has 0 aromatic heterocycles. The lowest BCUT2D eigenvalue weighted by atomic mass is 10.0. The molecule has 4 rings (SSSR count). The second kappa shape index (κ2) is 9.09. The van der Waals surface area contributed by atoms with Crippen LogP contribution in [-0.4, -0.2) is 47.9 Å². The summed E-state index contributed by atoms with van der Waals surface area (Å²) in [6.45, 7) is 2.76. The molecule has 1 N–H and O–H groups in total. The number of fused-ring (bicyclic) bond motifs is 1. The Balaban J connectivity index is 1.27. The lowest BCUT2D eigenvalue weighted by Crippen LogP contribution is -2.49. The number of hydrogen-bond donors (Lipinski definition) is 1. The topological polar surface area (TPSA) is 52.7 Å². The summed E-state index contributed by atoms with van der Waals surface area (Å²) < 4.78 is 0. The molecule has 154 valence electrons. The van der Waals surface area contributed by atoms with Crippen LogP contribution < -0.4 is 5.32 Å². The zero-order valence-corrected chi connectivity index (χ0v) is 17.3. The van der Waals surface area contributed by atoms with Gasteiger partial charge in [-0.25, -0.2) is 4.79 Å². The summed E-state index contributed by atoms with van der Waals surface area (Å²) in [6, 6.07) is 23.7. The smallest absolute Gasteiger partial charge is 0.324 e. The minimum atomic E-state index is -0.336. The Morgan fingerprint density at radius 1 is 0.933 bits per heavy atom. The first-order chi connectivity index (χ1) is 14.6. The molecule has 0 atom stereocenters. The van der Waals surface area contributed by atoms with Crippen LogP contribution in [0.5, 0.6) is 0 Å². The van der Waals surface area contributed by atoms with Crippen LogP contribution in [0, 0.1) is 0 Å². The van der Waals surface area contributed by atoms with Gasteiger partial charge in [-0.3, -0.25) is 14.6 Å². The number of carbonyl (C=O) groups is 2. The molecule has 0 spiro atoms. The molecule has 0 aliphatic carbocycles. The number of urea groups is 1. The molecule has 30 heavy (non-hydrogen) atoms. The van der Waals surface area contributed by atoms with Crippen LogP contribution in [0.3, 0.4) is 0 Å². The van der Waals surface area contributed by atoms with Crippen LogP contribution in [0.1, 0.15) is 28.8 Å². The van der Waals surface area contributed by atoms with Crippen molar-refractivity contribution in [2.45, 2.75) is 25.4 Å². The second-order valence-corrected chi connectivity index (χ2v) is 7.91. The Bertz CT molecular complexity index is 1030. The summed E-state index contributed by atoms with van der Waals surface area (Å²) in [5, 5.41) is 5.55. The zero-order valence-electron chi connectivity index (χ0n) is 17.3. The van der Waals surface area contributed by atoms with Gasteiger partial charge in [0, 0.05) is 38.3 Å². The maximum absolute atomic E-state index is 12.5. The predicted molar refractivity (Wildman–Crippen MR) is 119 cm³/mol. The summed E-state index contributed by atoms with van der Waals surface area (Å²) in [6.07, 6.45) is 1.76. The van der Waals surface area contributed by atoms with Crippen molar-refractivity contribution in [2.75, 3.05) is 20.1 Å². The molecule has 3 aromatic rings. The minimum absolute atomic E-state index is 0.0939. The molecule has 1 saturated heterocycles. The van der Waals surface area contributed by atoms with Crippen LogP contribution in [0.15, 0.2) is 72.8 Å². The van der Waals surface area contributed by atoms with Gasteiger partial charge in [0.15, 0.2) is 0 Å². The standard InChI is InChI=1S/C25H27N3O2/c1-27(24(29)21-8-3-2-4-9-21)25(30)26-23-13-15-28(16-14-23)18-19-11-12-20-7-5-6-10-22(20)17-19/h2-12,17,23H,13-16,18H2,1H3,(H,26,30). The molecule has 0 radical (unpaired) electrons. The van der Waals surface area contributed by atoms with Gasteiger partial charge in [-0.1, -0.05) is 54.6 Å². The average molecular weight is 402 g/mol. The summed E-state index contributed by atoms with van der Waals surface area (Å²) in [4.78, 5) is 28.5. The molecule has 1 fully saturated rings. The van der Waals surface area contributed by atoms with Crippen molar-refractivity contribution in [3.05, 3.63) is 83.9 Å². The highest BCUT2D eigenvalue weighted by Crippen LogP contribution is 2.19. The number of benzene rings is 3. The third-order valence-electron chi connectivity index (χ3n) is 5.77. The molecule has 1 aliphatic rings. The summed E-state index contributed by atoms with van der Waals surface area (Å²) in [5.41, 5.74) is 1.82. The fraction of sp³-hybridized carbons (Fsp3) is 0.280. The van der Waals surface area contributed by atoms with E-state index in [2.05, 4.69) is 52.7 Å². The van der Waals surface area contributed by atoms with E-state index in [0.717, 1.165) is 37.4 Å². The Hall–Kier alpha value is -3.18. The van der Waals surface area contributed by atoms with Crippen molar-refractivity contribution in [3.63, 3.8) is 0 Å². The Labute approximate surface area is 177 Å². The van der Waals surface area contributed by atoms with Gasteiger partial charge in [0.1, 0.15) is 0 Å². The van der Waals surface area contributed by atoms with E-state index in [0.29, 0.717) is 5.56 Å². The third-order valence-corrected chi connectivity index (χ3v) is 5.77. The van der Waals surface area contributed by atoms with Gasteiger partial charge >= 0.3 is 6.03 Å². The van der Waals surface area contributed by atoms with Gasteiger partial charge in [0.2, 0.25) is 0 Å². The highest BCUT2D eigenvalue weighted by Gasteiger charge is 2.24. The zero-order chi connectivity index (χ0) is 20.9. The molecule has 0 bridgehead atoms. The van der Waals surface area contributed by atoms with E-state index in [-0.39, 0.29) is 18.0 Å². The lowest BCUT2D eigenvalue weighted by molar-refractivity contribution is 0.0825. The first-order valence-electron chi connectivity index (χ1n) is 10.4. The number of imide groups is 1. The fourth-order valence-corrected chi connectivity index (χ4v) is 3.97. The van der Waals surface area contributed by atoms with E-state index >= 15 is 0 Å². The molecule has 5 nitrogen and oxygen atoms in total. The predicted octanol–water partition coefficient (Wildman–Crippen LogP) is 4.29. The quantitative estimate of drug-likeness (QED) is 0.710. The van der Waals surface area contributed by atoms with Gasteiger partial charge in [-0.2, -0.15) is 0 Å². The first-order valence-corrected chi connectivity index (χ1v) is 10.4. The second-order valence-electron chi connectivity index (χ2n) is 7.91. The van der Waals surface area contributed by atoms with Gasteiger partial charge < -0.3 is 5.32 Å². The molecule has 3 aromatic carbocycles. The number of carbonyl (C=O) groups excluding carboxylic acids is 2. The molecule has 1 heterocycles. The normalized spacial score (nSPS) is 15.1. The van der Waals surface area contributed by atoms with Gasteiger partial charge in [-0.05, 0) is 47.4 Å². The Morgan fingerprint density at radius 2 is 1.60 bits per heavy atom. The summed E-state index contributed by atoms with van der Waals surface area (Å²) in [5.74, 6) is -0.290. The van der Waals surface area contributed by atoms with Crippen LogP contribution in [-0.2, 0) is 6.54 Å². The molecular weight excluding hydrogens is 374 g/mol. The first kappa shape index (κ1) is 20.1. The number of amides is 3. The van der Waals surface area contributed by atoms with Gasteiger partial charge in [-0.15, -0.1) is 0 Å². The Morgan fingerprint density at radius 3 is 2.33 bits per heavy atom. The van der Waals surface area contributed by atoms with Crippen molar-refractivity contribution >= 4 is 22.7 Å². The van der Waals surface area contributed by atoms with Crippen molar-refractivity contribution in [3.8, 4) is 0 Å². The average Bonchev–Trinajstić information content (AvgIpc) is 2.80. The fourth-order valence-electron chi connectivity index (χ4n) is 3.97. The summed E-state index contributed by atoms with van der Waals surface area (Å²) in [7, 11) is 1.53. The van der Waals surface area contributed by atoms with E-state index in [1.54, 1.807) is 24.3 Å². The van der Waals surface area contributed by atoms with Crippen LogP contribution in [0.2, 0.25) is 0 Å². The van der Waals surface area contributed by atoms with E-state index < -0.39 is 0 Å². The minimum Gasteiger partial charge on any atom is -0.335 e. The maximum Gasteiger partial charge on any atom is 0.324 e. The van der Waals surface area contributed by atoms with Crippen molar-refractivity contribution in [1.29, 1.82) is 0 Å². The molecule has 3 amide bonds. The van der Waals surface area contributed by atoms with Crippen molar-refractivity contribution in [1.82, 2.24) is 15.1 Å². The van der Waals surface area contributed by atoms with Crippen LogP contribution >= 0.6 is 0 Å². The largest absolute Gasteiger partial charge is 0.335 e. The maximum atomic E-state index is 12.5. The molecule has 0 saturated carbocycles. The van der Waals surface area contributed by atoms with Crippen molar-refractivity contribution < 1.29 is 9.59 Å². The highest BCUT2D eigenvalue weighted by atomic mass is 16.2. The number of likely N-dealkylation sites (tertiary alicyclic amines) is 1. The SMILES string of the molecule is CN(C(=O)NC1CCN(Cc2ccc3ccccc3c2)CC1)C(=O)c1ccccc1. The Kier molecular flexibility index (Phi) is 6.10. The molecule has 1 aliphatic heterocycles. The molecule has 0 unspecified atom stereocenters. The number of nitrogens with one attached hydrogen (secondary N) is 1.